The fraction of sp³-hybridized carbons (Fsp3) is 0.235. The van der Waals surface area contributed by atoms with E-state index in [9.17, 15) is 14.9 Å². The molecule has 0 aliphatic rings. The third-order valence-corrected chi connectivity index (χ3v) is 3.25. The fourth-order valence-corrected chi connectivity index (χ4v) is 2.03. The second-order valence-corrected chi connectivity index (χ2v) is 4.98. The number of nitro groups is 1. The van der Waals surface area contributed by atoms with Gasteiger partial charge in [0, 0.05) is 18.2 Å². The summed E-state index contributed by atoms with van der Waals surface area (Å²) in [5.41, 5.74) is 0.720. The van der Waals surface area contributed by atoms with Gasteiger partial charge in [-0.25, -0.2) is 0 Å². The van der Waals surface area contributed by atoms with Crippen molar-refractivity contribution in [3.8, 4) is 11.5 Å². The highest BCUT2D eigenvalue weighted by atomic mass is 16.6. The maximum absolute atomic E-state index is 11.8. The minimum atomic E-state index is -0.472. The van der Waals surface area contributed by atoms with Crippen LogP contribution in [-0.2, 0) is 11.2 Å². The van der Waals surface area contributed by atoms with E-state index in [2.05, 4.69) is 5.32 Å². The topological polar surface area (TPSA) is 90.7 Å². The molecule has 0 fully saturated rings. The number of ether oxygens (including phenoxy) is 2. The van der Waals surface area contributed by atoms with Crippen molar-refractivity contribution in [2.75, 3.05) is 20.3 Å². The zero-order valence-corrected chi connectivity index (χ0v) is 13.2. The first-order valence-electron chi connectivity index (χ1n) is 7.35. The van der Waals surface area contributed by atoms with Gasteiger partial charge in [0.05, 0.1) is 25.0 Å². The molecule has 0 saturated heterocycles. The van der Waals surface area contributed by atoms with E-state index >= 15 is 0 Å². The van der Waals surface area contributed by atoms with Crippen molar-refractivity contribution >= 4 is 11.6 Å². The number of hydrogen-bond acceptors (Lipinski definition) is 5. The molecule has 0 atom stereocenters. The van der Waals surface area contributed by atoms with Gasteiger partial charge in [0.2, 0.25) is 5.91 Å². The zero-order valence-electron chi connectivity index (χ0n) is 13.2. The van der Waals surface area contributed by atoms with Gasteiger partial charge >= 0.3 is 0 Å². The van der Waals surface area contributed by atoms with Gasteiger partial charge in [-0.15, -0.1) is 0 Å². The first-order valence-corrected chi connectivity index (χ1v) is 7.35. The lowest BCUT2D eigenvalue weighted by molar-refractivity contribution is -0.384. The Hall–Kier alpha value is -3.09. The van der Waals surface area contributed by atoms with Gasteiger partial charge in [0.15, 0.2) is 0 Å². The smallest absolute Gasteiger partial charge is 0.269 e. The normalized spacial score (nSPS) is 10.0. The summed E-state index contributed by atoms with van der Waals surface area (Å²) in [7, 11) is 1.58. The average Bonchev–Trinajstić information content (AvgIpc) is 2.59. The van der Waals surface area contributed by atoms with Crippen molar-refractivity contribution in [1.82, 2.24) is 5.32 Å². The first kappa shape index (κ1) is 17.3. The number of nitrogens with zero attached hydrogens (tertiary/aromatic N) is 1. The molecule has 1 N–H and O–H groups in total. The Morgan fingerprint density at radius 1 is 1.17 bits per heavy atom. The molecule has 1 amide bonds. The van der Waals surface area contributed by atoms with Gasteiger partial charge in [0.1, 0.15) is 18.1 Å². The number of non-ortho nitro benzene ring substituents is 1. The van der Waals surface area contributed by atoms with Gasteiger partial charge in [-0.2, -0.15) is 0 Å². The van der Waals surface area contributed by atoms with Gasteiger partial charge < -0.3 is 14.8 Å². The largest absolute Gasteiger partial charge is 0.497 e. The second kappa shape index (κ2) is 8.52. The number of carbonyl (C=O) groups excluding carboxylic acids is 1. The van der Waals surface area contributed by atoms with Gasteiger partial charge in [-0.05, 0) is 17.7 Å². The highest BCUT2D eigenvalue weighted by molar-refractivity contribution is 5.78. The van der Waals surface area contributed by atoms with Crippen molar-refractivity contribution in [3.05, 3.63) is 64.2 Å². The maximum Gasteiger partial charge on any atom is 0.269 e. The molecule has 0 aliphatic carbocycles. The van der Waals surface area contributed by atoms with Crippen molar-refractivity contribution in [2.24, 2.45) is 0 Å². The summed E-state index contributed by atoms with van der Waals surface area (Å²) in [6, 6.07) is 13.1. The van der Waals surface area contributed by atoms with Crippen LogP contribution >= 0.6 is 0 Å². The molecular weight excluding hydrogens is 312 g/mol. The van der Waals surface area contributed by atoms with E-state index in [-0.39, 0.29) is 18.0 Å². The fourth-order valence-electron chi connectivity index (χ4n) is 2.03. The SMILES string of the molecule is COc1cccc(OCCNC(=O)Cc2ccc([N+](=O)[O-])cc2)c1. The lowest BCUT2D eigenvalue weighted by atomic mass is 10.1. The molecule has 0 heterocycles. The molecule has 2 aromatic rings. The summed E-state index contributed by atoms with van der Waals surface area (Å²) in [6.45, 7) is 0.697. The van der Waals surface area contributed by atoms with E-state index in [1.807, 2.05) is 12.1 Å². The number of benzene rings is 2. The van der Waals surface area contributed by atoms with E-state index in [1.54, 1.807) is 31.4 Å². The summed E-state index contributed by atoms with van der Waals surface area (Å²) in [6.07, 6.45) is 0.164. The van der Waals surface area contributed by atoms with Gasteiger partial charge in [-0.1, -0.05) is 18.2 Å². The van der Waals surface area contributed by atoms with Crippen LogP contribution in [0, 0.1) is 10.1 Å². The molecule has 0 spiro atoms. The molecule has 0 aliphatic heterocycles. The Bertz CT molecular complexity index is 700. The number of methoxy groups -OCH3 is 1. The molecule has 24 heavy (non-hydrogen) atoms. The standard InChI is InChI=1S/C17H18N2O5/c1-23-15-3-2-4-16(12-15)24-10-9-18-17(20)11-13-5-7-14(8-6-13)19(21)22/h2-8,12H,9-11H2,1H3,(H,18,20). The molecule has 0 bridgehead atoms. The molecule has 0 aromatic heterocycles. The molecule has 2 rings (SSSR count). The van der Waals surface area contributed by atoms with Crippen LogP contribution in [0.15, 0.2) is 48.5 Å². The lowest BCUT2D eigenvalue weighted by Gasteiger charge is -2.09. The zero-order chi connectivity index (χ0) is 17.4. The van der Waals surface area contributed by atoms with Crippen LogP contribution in [0.1, 0.15) is 5.56 Å². The number of amides is 1. The van der Waals surface area contributed by atoms with Crippen molar-refractivity contribution in [3.63, 3.8) is 0 Å². The molecular formula is C17H18N2O5. The number of hydrogen-bond donors (Lipinski definition) is 1. The average molecular weight is 330 g/mol. The molecule has 126 valence electrons. The van der Waals surface area contributed by atoms with Crippen molar-refractivity contribution in [1.29, 1.82) is 0 Å². The molecule has 0 unspecified atom stereocenters. The second-order valence-electron chi connectivity index (χ2n) is 4.98. The van der Waals surface area contributed by atoms with E-state index < -0.39 is 4.92 Å². The highest BCUT2D eigenvalue weighted by Crippen LogP contribution is 2.18. The Kier molecular flexibility index (Phi) is 6.13. The predicted molar refractivity (Wildman–Crippen MR) is 88.3 cm³/mol. The van der Waals surface area contributed by atoms with E-state index in [4.69, 9.17) is 9.47 Å². The van der Waals surface area contributed by atoms with Crippen LogP contribution in [0.25, 0.3) is 0 Å². The Balaban J connectivity index is 1.72. The van der Waals surface area contributed by atoms with Crippen molar-refractivity contribution < 1.29 is 19.2 Å². The number of carbonyl (C=O) groups is 1. The molecule has 0 saturated carbocycles. The Labute approximate surface area is 139 Å². The van der Waals surface area contributed by atoms with Crippen LogP contribution in [0.2, 0.25) is 0 Å². The number of rotatable bonds is 8. The summed E-state index contributed by atoms with van der Waals surface area (Å²) >= 11 is 0. The van der Waals surface area contributed by atoms with Crippen molar-refractivity contribution in [2.45, 2.75) is 6.42 Å². The molecule has 7 heteroatoms. The van der Waals surface area contributed by atoms with E-state index in [0.29, 0.717) is 30.2 Å². The first-order chi connectivity index (χ1) is 11.6. The summed E-state index contributed by atoms with van der Waals surface area (Å²) in [5.74, 6) is 1.20. The third kappa shape index (κ3) is 5.28. The van der Waals surface area contributed by atoms with Gasteiger partial charge in [0.25, 0.3) is 5.69 Å². The highest BCUT2D eigenvalue weighted by Gasteiger charge is 2.07. The van der Waals surface area contributed by atoms with Gasteiger partial charge in [-0.3, -0.25) is 14.9 Å². The summed E-state index contributed by atoms with van der Waals surface area (Å²) < 4.78 is 10.6. The predicted octanol–water partition coefficient (Wildman–Crippen LogP) is 2.34. The minimum Gasteiger partial charge on any atom is -0.497 e. The summed E-state index contributed by atoms with van der Waals surface area (Å²) in [5, 5.41) is 13.3. The van der Waals surface area contributed by atoms with Crippen LogP contribution < -0.4 is 14.8 Å². The van der Waals surface area contributed by atoms with Crippen LogP contribution in [0.4, 0.5) is 5.69 Å². The molecule has 0 radical (unpaired) electrons. The maximum atomic E-state index is 11.8. The van der Waals surface area contributed by atoms with Crippen LogP contribution in [0.3, 0.4) is 0 Å². The lowest BCUT2D eigenvalue weighted by Crippen LogP contribution is -2.29. The van der Waals surface area contributed by atoms with E-state index in [1.165, 1.54) is 12.1 Å². The van der Waals surface area contributed by atoms with Crippen LogP contribution in [0.5, 0.6) is 11.5 Å². The Morgan fingerprint density at radius 2 is 1.88 bits per heavy atom. The van der Waals surface area contributed by atoms with E-state index in [0.717, 1.165) is 0 Å². The van der Waals surface area contributed by atoms with Crippen LogP contribution in [-0.4, -0.2) is 31.1 Å². The number of nitro benzene ring substituents is 1. The molecule has 2 aromatic carbocycles. The quantitative estimate of drug-likeness (QED) is 0.456. The summed E-state index contributed by atoms with van der Waals surface area (Å²) in [4.78, 5) is 21.9. The number of nitrogens with one attached hydrogen (secondary N) is 1. The molecule has 7 nitrogen and oxygen atoms in total. The Morgan fingerprint density at radius 3 is 2.54 bits per heavy atom. The minimum absolute atomic E-state index is 0.00541. The monoisotopic (exact) mass is 330 g/mol. The third-order valence-electron chi connectivity index (χ3n) is 3.25.